The van der Waals surface area contributed by atoms with E-state index in [0.29, 0.717) is 29.9 Å². The number of piperidine rings is 1. The Morgan fingerprint density at radius 1 is 1.18 bits per heavy atom. The van der Waals surface area contributed by atoms with Crippen molar-refractivity contribution in [1.82, 2.24) is 25.2 Å². The Kier molecular flexibility index (Phi) is 9.06. The van der Waals surface area contributed by atoms with Crippen LogP contribution < -0.4 is 10.2 Å². The van der Waals surface area contributed by atoms with Gasteiger partial charge in [-0.15, -0.1) is 0 Å². The van der Waals surface area contributed by atoms with Crippen molar-refractivity contribution in [2.45, 2.75) is 31.0 Å². The number of rotatable bonds is 9. The third-order valence-corrected chi connectivity index (χ3v) is 7.11. The number of likely N-dealkylation sites (N-methyl/N-ethyl adjacent to an activating group) is 1. The molecule has 0 saturated carbocycles. The predicted molar refractivity (Wildman–Crippen MR) is 140 cm³/mol. The van der Waals surface area contributed by atoms with Crippen LogP contribution in [0.5, 0.6) is 0 Å². The largest absolute Gasteiger partial charge is 0.451 e. The number of anilines is 1. The zero-order chi connectivity index (χ0) is 29.1. The molecule has 216 valence electrons. The highest BCUT2D eigenvalue weighted by Gasteiger charge is 2.38. The molecule has 40 heavy (non-hydrogen) atoms. The Morgan fingerprint density at radius 3 is 2.48 bits per heavy atom. The number of methoxy groups -OCH3 is 1. The van der Waals surface area contributed by atoms with Crippen molar-refractivity contribution < 1.29 is 31.5 Å². The van der Waals surface area contributed by atoms with Gasteiger partial charge in [0.05, 0.1) is 28.8 Å². The van der Waals surface area contributed by atoms with Gasteiger partial charge in [0.25, 0.3) is 11.8 Å². The average Bonchev–Trinajstić information content (AvgIpc) is 2.91. The molecule has 1 aliphatic heterocycles. The number of aromatic nitrogens is 3. The number of ether oxygens (including phenoxy) is 1. The molecule has 1 aliphatic rings. The van der Waals surface area contributed by atoms with Gasteiger partial charge in [0, 0.05) is 76.5 Å². The Labute approximate surface area is 232 Å². The Bertz CT molecular complexity index is 1330. The second kappa shape index (κ2) is 12.1. The lowest BCUT2D eigenvalue weighted by Crippen LogP contribution is -2.45. The maximum atomic E-state index is 13.8. The van der Waals surface area contributed by atoms with Gasteiger partial charge in [-0.1, -0.05) is 11.6 Å². The first kappa shape index (κ1) is 29.8. The standard InChI is InChI=1S/C26H28ClF5N6O2/c1-37(11-12-40-2)21-6-3-17-19(36-21)5-4-18(27)22(17)23(39)33-15-20(38-9-7-25(28,29)8-10-38)16-13-34-24(35-14-16)26(30,31)32/h3-6,13-14,20H,7-12,15H2,1-2H3,(H,33,39). The first-order valence-electron chi connectivity index (χ1n) is 12.5. The van der Waals surface area contributed by atoms with Gasteiger partial charge in [-0.05, 0) is 24.3 Å². The molecule has 14 heteroatoms. The molecular weight excluding hydrogens is 559 g/mol. The molecule has 3 aromatic rings. The molecule has 1 unspecified atom stereocenters. The summed E-state index contributed by atoms with van der Waals surface area (Å²) in [5.41, 5.74) is 0.959. The minimum absolute atomic E-state index is 0.0210. The molecule has 3 heterocycles. The Morgan fingerprint density at radius 2 is 1.85 bits per heavy atom. The SMILES string of the molecule is COCCN(C)c1ccc2c(C(=O)NCC(c3cnc(C(F)(F)F)nc3)N3CCC(F)(F)CC3)c(Cl)ccc2n1. The summed E-state index contributed by atoms with van der Waals surface area (Å²) in [4.78, 5) is 28.4. The highest BCUT2D eigenvalue weighted by atomic mass is 35.5. The van der Waals surface area contributed by atoms with Crippen molar-refractivity contribution in [3.8, 4) is 0 Å². The van der Waals surface area contributed by atoms with Crippen molar-refractivity contribution in [2.75, 3.05) is 51.8 Å². The number of likely N-dealkylation sites (tertiary alicyclic amines) is 1. The van der Waals surface area contributed by atoms with Crippen LogP contribution in [-0.2, 0) is 10.9 Å². The average molecular weight is 587 g/mol. The van der Waals surface area contributed by atoms with E-state index in [-0.39, 0.29) is 35.8 Å². The number of carbonyl (C=O) groups is 1. The number of hydrogen-bond acceptors (Lipinski definition) is 7. The molecule has 1 atom stereocenters. The van der Waals surface area contributed by atoms with Crippen LogP contribution in [0.15, 0.2) is 36.7 Å². The van der Waals surface area contributed by atoms with E-state index < -0.39 is 42.7 Å². The quantitative estimate of drug-likeness (QED) is 0.354. The Hall–Kier alpha value is -3.16. The minimum atomic E-state index is -4.73. The number of halogens is 6. The summed E-state index contributed by atoms with van der Waals surface area (Å²) in [6.45, 7) is 0.967. The van der Waals surface area contributed by atoms with Crippen LogP contribution in [0.1, 0.15) is 40.6 Å². The van der Waals surface area contributed by atoms with Gasteiger partial charge in [0.2, 0.25) is 5.82 Å². The molecule has 1 amide bonds. The second-order valence-corrected chi connectivity index (χ2v) is 9.94. The van der Waals surface area contributed by atoms with Crippen LogP contribution in [0.3, 0.4) is 0 Å². The zero-order valence-electron chi connectivity index (χ0n) is 21.8. The lowest BCUT2D eigenvalue weighted by molar-refractivity contribution is -0.145. The number of alkyl halides is 5. The summed E-state index contributed by atoms with van der Waals surface area (Å²) in [5, 5.41) is 3.45. The summed E-state index contributed by atoms with van der Waals surface area (Å²) in [6, 6.07) is 5.99. The molecule has 2 aromatic heterocycles. The number of carbonyl (C=O) groups excluding carboxylic acids is 1. The van der Waals surface area contributed by atoms with E-state index in [1.165, 1.54) is 0 Å². The van der Waals surface area contributed by atoms with Crippen LogP contribution in [0.2, 0.25) is 5.02 Å². The fraction of sp³-hybridized carbons (Fsp3) is 0.462. The summed E-state index contributed by atoms with van der Waals surface area (Å²) in [5.74, 6) is -4.02. The predicted octanol–water partition coefficient (Wildman–Crippen LogP) is 4.98. The molecule has 1 saturated heterocycles. The fourth-order valence-corrected chi connectivity index (χ4v) is 4.76. The van der Waals surface area contributed by atoms with Crippen molar-refractivity contribution >= 4 is 34.2 Å². The van der Waals surface area contributed by atoms with Gasteiger partial charge in [-0.25, -0.2) is 23.7 Å². The normalized spacial score (nSPS) is 16.6. The van der Waals surface area contributed by atoms with Crippen LogP contribution in [0.4, 0.5) is 27.8 Å². The van der Waals surface area contributed by atoms with E-state index in [2.05, 4.69) is 20.3 Å². The number of benzene rings is 1. The number of amides is 1. The van der Waals surface area contributed by atoms with E-state index in [4.69, 9.17) is 16.3 Å². The number of nitrogens with one attached hydrogen (secondary N) is 1. The van der Waals surface area contributed by atoms with Crippen LogP contribution >= 0.6 is 11.6 Å². The van der Waals surface area contributed by atoms with E-state index in [1.807, 2.05) is 11.9 Å². The summed E-state index contributed by atoms with van der Waals surface area (Å²) >= 11 is 6.41. The van der Waals surface area contributed by atoms with Gasteiger partial charge in [-0.3, -0.25) is 9.69 Å². The van der Waals surface area contributed by atoms with Crippen LogP contribution in [0.25, 0.3) is 10.9 Å². The van der Waals surface area contributed by atoms with Gasteiger partial charge in [0.15, 0.2) is 0 Å². The third kappa shape index (κ3) is 6.94. The maximum absolute atomic E-state index is 13.8. The summed E-state index contributed by atoms with van der Waals surface area (Å²) in [7, 11) is 3.46. The molecule has 0 radical (unpaired) electrons. The van der Waals surface area contributed by atoms with Gasteiger partial charge in [-0.2, -0.15) is 13.2 Å². The van der Waals surface area contributed by atoms with Crippen LogP contribution in [-0.4, -0.2) is 78.6 Å². The third-order valence-electron chi connectivity index (χ3n) is 6.79. The molecule has 0 aliphatic carbocycles. The van der Waals surface area contributed by atoms with Crippen molar-refractivity contribution in [2.24, 2.45) is 0 Å². The maximum Gasteiger partial charge on any atom is 0.451 e. The number of fused-ring (bicyclic) bond motifs is 1. The lowest BCUT2D eigenvalue weighted by Gasteiger charge is -2.37. The van der Waals surface area contributed by atoms with E-state index in [9.17, 15) is 26.7 Å². The monoisotopic (exact) mass is 586 g/mol. The van der Waals surface area contributed by atoms with E-state index >= 15 is 0 Å². The van der Waals surface area contributed by atoms with Gasteiger partial charge >= 0.3 is 6.18 Å². The zero-order valence-corrected chi connectivity index (χ0v) is 22.6. The smallest absolute Gasteiger partial charge is 0.383 e. The van der Waals surface area contributed by atoms with Crippen molar-refractivity contribution in [3.05, 3.63) is 58.6 Å². The van der Waals surface area contributed by atoms with Gasteiger partial charge in [0.1, 0.15) is 5.82 Å². The number of nitrogens with zero attached hydrogens (tertiary/aromatic N) is 5. The highest BCUT2D eigenvalue weighted by Crippen LogP contribution is 2.33. The van der Waals surface area contributed by atoms with E-state index in [0.717, 1.165) is 12.4 Å². The Balaban J connectivity index is 1.58. The molecular formula is C26H28ClF5N6O2. The molecule has 1 N–H and O–H groups in total. The molecule has 1 aromatic carbocycles. The number of pyridine rings is 1. The number of hydrogen-bond donors (Lipinski definition) is 1. The lowest BCUT2D eigenvalue weighted by atomic mass is 10.0. The highest BCUT2D eigenvalue weighted by molar-refractivity contribution is 6.35. The molecule has 0 bridgehead atoms. The summed E-state index contributed by atoms with van der Waals surface area (Å²) < 4.78 is 71.7. The molecule has 8 nitrogen and oxygen atoms in total. The summed E-state index contributed by atoms with van der Waals surface area (Å²) in [6.07, 6.45) is -3.54. The topological polar surface area (TPSA) is 83.5 Å². The fourth-order valence-electron chi connectivity index (χ4n) is 4.51. The van der Waals surface area contributed by atoms with Crippen molar-refractivity contribution in [1.29, 1.82) is 0 Å². The van der Waals surface area contributed by atoms with Gasteiger partial charge < -0.3 is 15.0 Å². The first-order valence-corrected chi connectivity index (χ1v) is 12.9. The van der Waals surface area contributed by atoms with Crippen molar-refractivity contribution in [3.63, 3.8) is 0 Å². The molecule has 0 spiro atoms. The molecule has 1 fully saturated rings. The van der Waals surface area contributed by atoms with E-state index in [1.54, 1.807) is 36.3 Å². The second-order valence-electron chi connectivity index (χ2n) is 9.53. The van der Waals surface area contributed by atoms with Crippen LogP contribution in [0, 0.1) is 0 Å². The molecule has 4 rings (SSSR count). The first-order chi connectivity index (χ1) is 18.9. The minimum Gasteiger partial charge on any atom is -0.383 e.